The number of rotatable bonds is 5. The summed E-state index contributed by atoms with van der Waals surface area (Å²) >= 11 is 6.15. The molecule has 5 nitrogen and oxygen atoms in total. The first-order chi connectivity index (χ1) is 13.4. The van der Waals surface area contributed by atoms with E-state index in [4.69, 9.17) is 11.6 Å². The van der Waals surface area contributed by atoms with Gasteiger partial charge in [0.15, 0.2) is 0 Å². The van der Waals surface area contributed by atoms with E-state index in [1.54, 1.807) is 36.4 Å². The summed E-state index contributed by atoms with van der Waals surface area (Å²) in [6.45, 7) is 4.35. The Labute approximate surface area is 170 Å². The fraction of sp³-hybridized carbons (Fsp3) is 0.318. The molecule has 1 aliphatic heterocycles. The van der Waals surface area contributed by atoms with Gasteiger partial charge in [-0.3, -0.25) is 9.59 Å². The van der Waals surface area contributed by atoms with E-state index in [0.717, 1.165) is 12.0 Å². The number of amides is 2. The van der Waals surface area contributed by atoms with Crippen LogP contribution in [-0.4, -0.2) is 45.7 Å². The molecule has 1 atom stereocenters. The Morgan fingerprint density at radius 2 is 1.86 bits per heavy atom. The van der Waals surface area contributed by atoms with Crippen molar-refractivity contribution in [2.75, 3.05) is 13.6 Å². The molecule has 2 amide bonds. The normalized spacial score (nSPS) is 21.5. The van der Waals surface area contributed by atoms with Gasteiger partial charge in [0.1, 0.15) is 16.4 Å². The molecule has 6 heteroatoms. The predicted molar refractivity (Wildman–Crippen MR) is 111 cm³/mol. The van der Waals surface area contributed by atoms with Crippen molar-refractivity contribution in [3.8, 4) is 0 Å². The van der Waals surface area contributed by atoms with Gasteiger partial charge >= 0.3 is 0 Å². The lowest BCUT2D eigenvalue weighted by Gasteiger charge is -2.47. The molecule has 0 aliphatic carbocycles. The van der Waals surface area contributed by atoms with Crippen molar-refractivity contribution in [3.63, 3.8) is 0 Å². The van der Waals surface area contributed by atoms with Crippen LogP contribution in [0.15, 0.2) is 54.4 Å². The molecule has 0 radical (unpaired) electrons. The molecular weight excluding hydrogens is 374 g/mol. The largest absolute Gasteiger partial charge is 0.323 e. The predicted octanol–water partition coefficient (Wildman–Crippen LogP) is 3.79. The summed E-state index contributed by atoms with van der Waals surface area (Å²) in [4.78, 5) is 34.0. The van der Waals surface area contributed by atoms with Gasteiger partial charge in [-0.05, 0) is 31.1 Å². The van der Waals surface area contributed by atoms with Crippen LogP contribution in [0.1, 0.15) is 31.4 Å². The average molecular weight is 398 g/mol. The number of benzene rings is 1. The Morgan fingerprint density at radius 3 is 2.50 bits per heavy atom. The number of pyridine rings is 1. The molecule has 146 valence electrons. The highest BCUT2D eigenvalue weighted by molar-refractivity contribution is 6.31. The molecule has 28 heavy (non-hydrogen) atoms. The molecule has 0 bridgehead atoms. The molecule has 1 saturated heterocycles. The molecule has 1 aromatic heterocycles. The van der Waals surface area contributed by atoms with Gasteiger partial charge in [0, 0.05) is 31.8 Å². The van der Waals surface area contributed by atoms with Gasteiger partial charge in [0.05, 0.1) is 0 Å². The summed E-state index contributed by atoms with van der Waals surface area (Å²) in [6, 6.07) is 13.3. The number of hydrogen-bond acceptors (Lipinski definition) is 3. The Bertz CT molecular complexity index is 913. The van der Waals surface area contributed by atoms with Crippen LogP contribution in [0.4, 0.5) is 0 Å². The van der Waals surface area contributed by atoms with Crippen molar-refractivity contribution < 1.29 is 9.59 Å². The molecule has 0 N–H and O–H groups in total. The van der Waals surface area contributed by atoms with Gasteiger partial charge in [-0.2, -0.15) is 0 Å². The highest BCUT2D eigenvalue weighted by Gasteiger charge is 2.49. The number of carbonyl (C=O) groups excluding carboxylic acids is 2. The molecule has 2 heterocycles. The molecular formula is C22H24ClN3O2. The zero-order valence-corrected chi connectivity index (χ0v) is 17.1. The van der Waals surface area contributed by atoms with E-state index in [1.165, 1.54) is 4.90 Å². The van der Waals surface area contributed by atoms with E-state index in [9.17, 15) is 9.59 Å². The van der Waals surface area contributed by atoms with Crippen molar-refractivity contribution >= 4 is 29.5 Å². The highest BCUT2D eigenvalue weighted by Crippen LogP contribution is 2.33. The topological polar surface area (TPSA) is 53.5 Å². The third kappa shape index (κ3) is 3.67. The number of nitrogens with zero attached hydrogens (tertiary/aromatic N) is 3. The van der Waals surface area contributed by atoms with E-state index < -0.39 is 5.54 Å². The second-order valence-corrected chi connectivity index (χ2v) is 7.53. The maximum absolute atomic E-state index is 13.4. The SMILES string of the molecule is CCCN1C(=O)/C(=C/c2cccnc2Cl)N(C)C(=O)C1(C)Cc1ccccc1. The van der Waals surface area contributed by atoms with Crippen LogP contribution in [0.2, 0.25) is 5.15 Å². The monoisotopic (exact) mass is 397 g/mol. The Hall–Kier alpha value is -2.66. The smallest absolute Gasteiger partial charge is 0.271 e. The maximum Gasteiger partial charge on any atom is 0.271 e. The van der Waals surface area contributed by atoms with Crippen LogP contribution in [0.5, 0.6) is 0 Å². The van der Waals surface area contributed by atoms with Crippen molar-refractivity contribution in [1.29, 1.82) is 0 Å². The summed E-state index contributed by atoms with van der Waals surface area (Å²) < 4.78 is 0. The van der Waals surface area contributed by atoms with Crippen LogP contribution < -0.4 is 0 Å². The van der Waals surface area contributed by atoms with E-state index in [2.05, 4.69) is 4.98 Å². The Balaban J connectivity index is 2.04. The van der Waals surface area contributed by atoms with Crippen LogP contribution >= 0.6 is 11.6 Å². The van der Waals surface area contributed by atoms with Crippen molar-refractivity contribution in [2.24, 2.45) is 0 Å². The van der Waals surface area contributed by atoms with Crippen molar-refractivity contribution in [3.05, 3.63) is 70.6 Å². The molecule has 1 aliphatic rings. The summed E-state index contributed by atoms with van der Waals surface area (Å²) in [5, 5.41) is 0.295. The zero-order chi connectivity index (χ0) is 20.3. The quantitative estimate of drug-likeness (QED) is 0.569. The first-order valence-corrected chi connectivity index (χ1v) is 9.72. The van der Waals surface area contributed by atoms with E-state index in [0.29, 0.717) is 29.4 Å². The van der Waals surface area contributed by atoms with Crippen LogP contribution in [-0.2, 0) is 16.0 Å². The molecule has 1 unspecified atom stereocenters. The highest BCUT2D eigenvalue weighted by atomic mass is 35.5. The minimum absolute atomic E-state index is 0.115. The molecule has 2 aromatic rings. The molecule has 0 saturated carbocycles. The summed E-state index contributed by atoms with van der Waals surface area (Å²) in [7, 11) is 1.64. The van der Waals surface area contributed by atoms with Crippen LogP contribution in [0.25, 0.3) is 6.08 Å². The first kappa shape index (κ1) is 20.1. The van der Waals surface area contributed by atoms with E-state index in [-0.39, 0.29) is 11.8 Å². The third-order valence-electron chi connectivity index (χ3n) is 5.11. The van der Waals surface area contributed by atoms with Crippen LogP contribution in [0.3, 0.4) is 0 Å². The lowest BCUT2D eigenvalue weighted by atomic mass is 9.86. The Morgan fingerprint density at radius 1 is 1.14 bits per heavy atom. The minimum Gasteiger partial charge on any atom is -0.323 e. The molecule has 1 fully saturated rings. The summed E-state index contributed by atoms with van der Waals surface area (Å²) in [6.07, 6.45) is 4.44. The van der Waals surface area contributed by atoms with Gasteiger partial charge in [0.25, 0.3) is 11.8 Å². The summed E-state index contributed by atoms with van der Waals surface area (Å²) in [5.74, 6) is -0.294. The second-order valence-electron chi connectivity index (χ2n) is 7.17. The first-order valence-electron chi connectivity index (χ1n) is 9.34. The van der Waals surface area contributed by atoms with Gasteiger partial charge < -0.3 is 9.80 Å². The Kier molecular flexibility index (Phi) is 5.84. The number of likely N-dealkylation sites (N-methyl/N-ethyl adjacent to an activating group) is 1. The standard InChI is InChI=1S/C22H24ClN3O2/c1-4-13-26-20(27)18(14-17-11-8-12-24-19(17)23)25(3)21(28)22(26,2)15-16-9-6-5-7-10-16/h5-12,14H,4,13,15H2,1-3H3/b18-14-. The lowest BCUT2D eigenvalue weighted by molar-refractivity contribution is -0.157. The number of carbonyl (C=O) groups is 2. The fourth-order valence-corrected chi connectivity index (χ4v) is 3.81. The van der Waals surface area contributed by atoms with Crippen LogP contribution in [0, 0.1) is 0 Å². The van der Waals surface area contributed by atoms with Crippen molar-refractivity contribution in [1.82, 2.24) is 14.8 Å². The van der Waals surface area contributed by atoms with Gasteiger partial charge in [-0.25, -0.2) is 4.98 Å². The van der Waals surface area contributed by atoms with Gasteiger partial charge in [-0.15, -0.1) is 0 Å². The van der Waals surface area contributed by atoms with Crippen molar-refractivity contribution in [2.45, 2.75) is 32.2 Å². The molecule has 3 rings (SSSR count). The van der Waals surface area contributed by atoms with Gasteiger partial charge in [-0.1, -0.05) is 54.9 Å². The number of halogens is 1. The average Bonchev–Trinajstić information content (AvgIpc) is 2.69. The second kappa shape index (κ2) is 8.15. The summed E-state index contributed by atoms with van der Waals surface area (Å²) in [5.41, 5.74) is 0.983. The number of piperazine rings is 1. The minimum atomic E-state index is -0.945. The van der Waals surface area contributed by atoms with E-state index >= 15 is 0 Å². The zero-order valence-electron chi connectivity index (χ0n) is 16.4. The molecule has 1 aromatic carbocycles. The third-order valence-corrected chi connectivity index (χ3v) is 5.42. The lowest BCUT2D eigenvalue weighted by Crippen LogP contribution is -2.66. The molecule has 0 spiro atoms. The number of aromatic nitrogens is 1. The maximum atomic E-state index is 13.4. The van der Waals surface area contributed by atoms with E-state index in [1.807, 2.05) is 44.2 Å². The van der Waals surface area contributed by atoms with Gasteiger partial charge in [0.2, 0.25) is 0 Å². The fourth-order valence-electron chi connectivity index (χ4n) is 3.64. The number of hydrogen-bond donors (Lipinski definition) is 0.